The molecular formula is C22H29N5O3S. The van der Waals surface area contributed by atoms with Crippen LogP contribution in [0.2, 0.25) is 0 Å². The van der Waals surface area contributed by atoms with E-state index >= 15 is 0 Å². The largest absolute Gasteiger partial charge is 0.370 e. The molecule has 2 aliphatic heterocycles. The number of aromatic nitrogens is 2. The molecule has 0 unspecified atom stereocenters. The number of pyridine rings is 1. The molecule has 1 N–H and O–H groups in total. The summed E-state index contributed by atoms with van der Waals surface area (Å²) in [4.78, 5) is 38.5. The van der Waals surface area contributed by atoms with Crippen molar-refractivity contribution in [1.82, 2.24) is 19.8 Å². The lowest BCUT2D eigenvalue weighted by Gasteiger charge is -2.25. The molecular weight excluding hydrogens is 414 g/mol. The molecule has 0 aliphatic carbocycles. The van der Waals surface area contributed by atoms with E-state index in [2.05, 4.69) is 17.2 Å². The number of amides is 2. The van der Waals surface area contributed by atoms with E-state index in [1.54, 1.807) is 16.2 Å². The molecule has 4 rings (SSSR count). The molecule has 2 aromatic rings. The Morgan fingerprint density at radius 2 is 2.13 bits per heavy atom. The van der Waals surface area contributed by atoms with Gasteiger partial charge in [-0.3, -0.25) is 9.59 Å². The number of thiazole rings is 1. The lowest BCUT2D eigenvalue weighted by atomic mass is 10.1. The third kappa shape index (κ3) is 5.22. The van der Waals surface area contributed by atoms with Crippen LogP contribution in [0.25, 0.3) is 0 Å². The fraction of sp³-hybridized carbons (Fsp3) is 0.545. The van der Waals surface area contributed by atoms with Crippen LogP contribution in [-0.2, 0) is 14.3 Å². The van der Waals surface area contributed by atoms with Crippen LogP contribution in [-0.4, -0.2) is 64.4 Å². The molecule has 166 valence electrons. The summed E-state index contributed by atoms with van der Waals surface area (Å²) in [6.07, 6.45) is 3.37. The maximum atomic E-state index is 12.8. The average Bonchev–Trinajstić information content (AvgIpc) is 3.47. The van der Waals surface area contributed by atoms with E-state index < -0.39 is 0 Å². The second-order valence-corrected chi connectivity index (χ2v) is 9.22. The van der Waals surface area contributed by atoms with Gasteiger partial charge in [-0.25, -0.2) is 9.97 Å². The van der Waals surface area contributed by atoms with Gasteiger partial charge in [0.25, 0.3) is 0 Å². The first-order chi connectivity index (χ1) is 15.0. The third-order valence-electron chi connectivity index (χ3n) is 5.85. The summed E-state index contributed by atoms with van der Waals surface area (Å²) in [5, 5.41) is 4.10. The maximum absolute atomic E-state index is 12.8. The number of nitrogens with one attached hydrogen (secondary N) is 1. The molecule has 9 heteroatoms. The lowest BCUT2D eigenvalue weighted by Crippen LogP contribution is -2.35. The van der Waals surface area contributed by atoms with Crippen molar-refractivity contribution < 1.29 is 14.3 Å². The fourth-order valence-electron chi connectivity index (χ4n) is 4.07. The van der Waals surface area contributed by atoms with Crippen LogP contribution in [0.4, 0.5) is 10.9 Å². The van der Waals surface area contributed by atoms with Crippen LogP contribution >= 0.6 is 11.3 Å². The van der Waals surface area contributed by atoms with Crippen molar-refractivity contribution in [1.29, 1.82) is 0 Å². The number of rotatable bonds is 8. The fourth-order valence-corrected chi connectivity index (χ4v) is 4.89. The SMILES string of the molecule is Cc1nc(Nc2cccc([C@H]3CCCN3C(=O)COCCN3CCCC3=O)n2)sc1C. The highest BCUT2D eigenvalue weighted by atomic mass is 32.1. The van der Waals surface area contributed by atoms with Gasteiger partial charge in [0.05, 0.1) is 24.0 Å². The van der Waals surface area contributed by atoms with Gasteiger partial charge in [0.15, 0.2) is 5.13 Å². The number of ether oxygens (including phenoxy) is 1. The van der Waals surface area contributed by atoms with Gasteiger partial charge < -0.3 is 19.9 Å². The number of hydrogen-bond donors (Lipinski definition) is 1. The first-order valence-corrected chi connectivity index (χ1v) is 11.7. The Bertz CT molecular complexity index is 927. The molecule has 0 saturated carbocycles. The van der Waals surface area contributed by atoms with Gasteiger partial charge in [-0.2, -0.15) is 0 Å². The third-order valence-corrected chi connectivity index (χ3v) is 6.84. The molecule has 0 aromatic carbocycles. The second-order valence-electron chi connectivity index (χ2n) is 8.02. The Morgan fingerprint density at radius 1 is 1.26 bits per heavy atom. The molecule has 2 fully saturated rings. The predicted molar refractivity (Wildman–Crippen MR) is 119 cm³/mol. The topological polar surface area (TPSA) is 87.7 Å². The van der Waals surface area contributed by atoms with Crippen LogP contribution in [0.5, 0.6) is 0 Å². The number of hydrogen-bond acceptors (Lipinski definition) is 7. The zero-order valence-electron chi connectivity index (χ0n) is 18.1. The predicted octanol–water partition coefficient (Wildman–Crippen LogP) is 3.20. The zero-order chi connectivity index (χ0) is 21.8. The quantitative estimate of drug-likeness (QED) is 0.631. The van der Waals surface area contributed by atoms with E-state index in [1.807, 2.05) is 30.0 Å². The molecule has 1 atom stereocenters. The van der Waals surface area contributed by atoms with E-state index in [-0.39, 0.29) is 24.5 Å². The number of likely N-dealkylation sites (tertiary alicyclic amines) is 2. The summed E-state index contributed by atoms with van der Waals surface area (Å²) >= 11 is 1.61. The summed E-state index contributed by atoms with van der Waals surface area (Å²) in [5.74, 6) is 0.885. The molecule has 2 saturated heterocycles. The van der Waals surface area contributed by atoms with Crippen LogP contribution in [0.15, 0.2) is 18.2 Å². The minimum atomic E-state index is -0.0437. The Morgan fingerprint density at radius 3 is 2.87 bits per heavy atom. The second kappa shape index (κ2) is 9.74. The first kappa shape index (κ1) is 21.7. The Kier molecular flexibility index (Phi) is 6.82. The molecule has 2 aromatic heterocycles. The van der Waals surface area contributed by atoms with Crippen molar-refractivity contribution in [2.75, 3.05) is 38.2 Å². The zero-order valence-corrected chi connectivity index (χ0v) is 18.9. The summed E-state index contributed by atoms with van der Waals surface area (Å²) in [6, 6.07) is 5.81. The van der Waals surface area contributed by atoms with E-state index in [1.165, 1.54) is 4.88 Å². The smallest absolute Gasteiger partial charge is 0.249 e. The first-order valence-electron chi connectivity index (χ1n) is 10.8. The van der Waals surface area contributed by atoms with Crippen LogP contribution in [0.3, 0.4) is 0 Å². The van der Waals surface area contributed by atoms with Crippen molar-refractivity contribution in [2.24, 2.45) is 0 Å². The van der Waals surface area contributed by atoms with Gasteiger partial charge >= 0.3 is 0 Å². The van der Waals surface area contributed by atoms with Gasteiger partial charge in [0.2, 0.25) is 11.8 Å². The summed E-state index contributed by atoms with van der Waals surface area (Å²) in [6.45, 7) is 6.53. The standard InChI is InChI=1S/C22H29N5O3S/c1-15-16(2)31-22(23-15)25-19-8-3-6-17(24-19)18-7-4-11-27(18)21(29)14-30-13-12-26-10-5-9-20(26)28/h3,6,8,18H,4-5,7,9-14H2,1-2H3,(H,23,24,25)/t18-/m1/s1. The molecule has 2 amide bonds. The van der Waals surface area contributed by atoms with E-state index in [0.29, 0.717) is 26.1 Å². The highest BCUT2D eigenvalue weighted by Crippen LogP contribution is 2.32. The lowest BCUT2D eigenvalue weighted by molar-refractivity contribution is -0.137. The molecule has 0 bridgehead atoms. The van der Waals surface area contributed by atoms with Gasteiger partial charge in [0, 0.05) is 30.9 Å². The normalized spacial score (nSPS) is 18.8. The average molecular weight is 444 g/mol. The van der Waals surface area contributed by atoms with Gasteiger partial charge in [-0.05, 0) is 45.2 Å². The van der Waals surface area contributed by atoms with Crippen molar-refractivity contribution >= 4 is 34.1 Å². The minimum absolute atomic E-state index is 0.0263. The highest BCUT2D eigenvalue weighted by Gasteiger charge is 2.31. The number of carbonyl (C=O) groups is 2. The summed E-state index contributed by atoms with van der Waals surface area (Å²) < 4.78 is 5.59. The van der Waals surface area contributed by atoms with Crippen LogP contribution < -0.4 is 5.32 Å². The maximum Gasteiger partial charge on any atom is 0.249 e. The Labute approximate surface area is 186 Å². The molecule has 31 heavy (non-hydrogen) atoms. The Balaban J connectivity index is 1.33. The van der Waals surface area contributed by atoms with E-state index in [9.17, 15) is 9.59 Å². The van der Waals surface area contributed by atoms with E-state index in [4.69, 9.17) is 9.72 Å². The van der Waals surface area contributed by atoms with Crippen molar-refractivity contribution in [3.05, 3.63) is 34.5 Å². The number of carbonyl (C=O) groups excluding carboxylic acids is 2. The minimum Gasteiger partial charge on any atom is -0.370 e. The number of aryl methyl sites for hydroxylation is 2. The van der Waals surface area contributed by atoms with Crippen molar-refractivity contribution in [3.8, 4) is 0 Å². The van der Waals surface area contributed by atoms with Gasteiger partial charge in [-0.1, -0.05) is 6.07 Å². The molecule has 4 heterocycles. The molecule has 0 radical (unpaired) electrons. The number of nitrogens with zero attached hydrogens (tertiary/aromatic N) is 4. The molecule has 0 spiro atoms. The molecule has 2 aliphatic rings. The molecule has 8 nitrogen and oxygen atoms in total. The van der Waals surface area contributed by atoms with Gasteiger partial charge in [-0.15, -0.1) is 11.3 Å². The number of anilines is 2. The Hall–Kier alpha value is -2.52. The van der Waals surface area contributed by atoms with Gasteiger partial charge in [0.1, 0.15) is 12.4 Å². The van der Waals surface area contributed by atoms with E-state index in [0.717, 1.165) is 48.1 Å². The van der Waals surface area contributed by atoms with Crippen molar-refractivity contribution in [2.45, 2.75) is 45.6 Å². The highest BCUT2D eigenvalue weighted by molar-refractivity contribution is 7.15. The monoisotopic (exact) mass is 443 g/mol. The summed E-state index contributed by atoms with van der Waals surface area (Å²) in [5.41, 5.74) is 1.90. The summed E-state index contributed by atoms with van der Waals surface area (Å²) in [7, 11) is 0. The van der Waals surface area contributed by atoms with Crippen molar-refractivity contribution in [3.63, 3.8) is 0 Å². The van der Waals surface area contributed by atoms with Crippen LogP contribution in [0, 0.1) is 13.8 Å². The van der Waals surface area contributed by atoms with Crippen LogP contribution in [0.1, 0.15) is 48.0 Å².